The molecule has 94 valence electrons. The molecule has 0 unspecified atom stereocenters. The number of rotatable bonds is 3. The lowest BCUT2D eigenvalue weighted by Crippen LogP contribution is -1.98. The van der Waals surface area contributed by atoms with Crippen molar-refractivity contribution in [3.63, 3.8) is 0 Å². The van der Waals surface area contributed by atoms with Crippen LogP contribution in [0.1, 0.15) is 18.6 Å². The Kier molecular flexibility index (Phi) is 4.07. The van der Waals surface area contributed by atoms with Gasteiger partial charge in [0.2, 0.25) is 5.88 Å². The molecule has 0 aliphatic heterocycles. The van der Waals surface area contributed by atoms with Crippen LogP contribution < -0.4 is 4.74 Å². The van der Waals surface area contributed by atoms with Crippen molar-refractivity contribution in [3.8, 4) is 11.6 Å². The Morgan fingerprint density at radius 3 is 2.72 bits per heavy atom. The van der Waals surface area contributed by atoms with Gasteiger partial charge >= 0.3 is 0 Å². The van der Waals surface area contributed by atoms with E-state index < -0.39 is 6.10 Å². The Bertz CT molecular complexity index is 558. The molecule has 0 saturated heterocycles. The van der Waals surface area contributed by atoms with E-state index in [1.807, 2.05) is 0 Å². The molecule has 1 aromatic heterocycles. The fourth-order valence-electron chi connectivity index (χ4n) is 1.47. The Morgan fingerprint density at radius 1 is 1.28 bits per heavy atom. The molecule has 3 nitrogen and oxygen atoms in total. The molecular weight excluding hydrogens is 273 g/mol. The summed E-state index contributed by atoms with van der Waals surface area (Å²) in [5.74, 6) is 0.776. The van der Waals surface area contributed by atoms with Crippen LogP contribution in [-0.2, 0) is 0 Å². The fourth-order valence-corrected chi connectivity index (χ4v) is 1.92. The molecule has 1 atom stereocenters. The molecule has 18 heavy (non-hydrogen) atoms. The molecule has 1 aromatic carbocycles. The molecule has 0 aliphatic rings. The largest absolute Gasteiger partial charge is 0.437 e. The van der Waals surface area contributed by atoms with Crippen LogP contribution in [0.15, 0.2) is 36.5 Å². The normalized spacial score (nSPS) is 12.2. The van der Waals surface area contributed by atoms with E-state index >= 15 is 0 Å². The molecule has 1 N–H and O–H groups in total. The summed E-state index contributed by atoms with van der Waals surface area (Å²) in [7, 11) is 0. The van der Waals surface area contributed by atoms with Crippen LogP contribution in [0.2, 0.25) is 10.0 Å². The molecule has 0 spiro atoms. The first kappa shape index (κ1) is 13.1. The van der Waals surface area contributed by atoms with Gasteiger partial charge in [-0.3, -0.25) is 0 Å². The number of aromatic nitrogens is 1. The Hall–Kier alpha value is -1.29. The number of aliphatic hydroxyl groups excluding tert-OH is 1. The van der Waals surface area contributed by atoms with Crippen molar-refractivity contribution in [2.45, 2.75) is 13.0 Å². The Morgan fingerprint density at radius 2 is 2.06 bits per heavy atom. The first-order chi connectivity index (χ1) is 8.58. The van der Waals surface area contributed by atoms with Crippen LogP contribution in [0.5, 0.6) is 11.6 Å². The standard InChI is InChI=1S/C13H11Cl2NO2/c1-8(17)10-3-2-6-16-13(10)18-12-5-4-9(14)7-11(12)15/h2-8,17H,1H3/t8-/m1/s1. The minimum absolute atomic E-state index is 0.330. The molecule has 2 rings (SSSR count). The van der Waals surface area contributed by atoms with E-state index in [0.29, 0.717) is 27.2 Å². The van der Waals surface area contributed by atoms with Crippen LogP contribution in [0, 0.1) is 0 Å². The zero-order chi connectivity index (χ0) is 13.1. The molecule has 0 radical (unpaired) electrons. The van der Waals surface area contributed by atoms with E-state index in [9.17, 15) is 5.11 Å². The predicted octanol–water partition coefficient (Wildman–Crippen LogP) is 4.23. The highest BCUT2D eigenvalue weighted by Gasteiger charge is 2.12. The van der Waals surface area contributed by atoms with Gasteiger partial charge in [-0.15, -0.1) is 0 Å². The topological polar surface area (TPSA) is 42.4 Å². The summed E-state index contributed by atoms with van der Waals surface area (Å²) in [6.45, 7) is 1.65. The zero-order valence-corrected chi connectivity index (χ0v) is 11.1. The van der Waals surface area contributed by atoms with Crippen molar-refractivity contribution in [1.29, 1.82) is 0 Å². The maximum absolute atomic E-state index is 9.62. The van der Waals surface area contributed by atoms with Crippen molar-refractivity contribution in [1.82, 2.24) is 4.98 Å². The maximum Gasteiger partial charge on any atom is 0.225 e. The van der Waals surface area contributed by atoms with Gasteiger partial charge in [-0.2, -0.15) is 0 Å². The van der Waals surface area contributed by atoms with Crippen molar-refractivity contribution in [3.05, 3.63) is 52.1 Å². The molecule has 5 heteroatoms. The second kappa shape index (κ2) is 5.57. The van der Waals surface area contributed by atoms with E-state index in [4.69, 9.17) is 27.9 Å². The number of ether oxygens (including phenoxy) is 1. The molecule has 0 saturated carbocycles. The van der Waals surface area contributed by atoms with Gasteiger partial charge in [-0.05, 0) is 37.3 Å². The first-order valence-electron chi connectivity index (χ1n) is 5.34. The van der Waals surface area contributed by atoms with Gasteiger partial charge in [0.05, 0.1) is 11.1 Å². The summed E-state index contributed by atoms with van der Waals surface area (Å²) in [5.41, 5.74) is 0.600. The van der Waals surface area contributed by atoms with Crippen LogP contribution in [0.4, 0.5) is 0 Å². The molecular formula is C13H11Cl2NO2. The minimum Gasteiger partial charge on any atom is -0.437 e. The summed E-state index contributed by atoms with van der Waals surface area (Å²) in [6, 6.07) is 8.40. The highest BCUT2D eigenvalue weighted by molar-refractivity contribution is 6.35. The van der Waals surface area contributed by atoms with Crippen molar-refractivity contribution >= 4 is 23.2 Å². The second-order valence-electron chi connectivity index (χ2n) is 3.75. The third-order valence-corrected chi connectivity index (χ3v) is 2.88. The van der Waals surface area contributed by atoms with Gasteiger partial charge < -0.3 is 9.84 Å². The third-order valence-electron chi connectivity index (χ3n) is 2.35. The quantitative estimate of drug-likeness (QED) is 0.916. The summed E-state index contributed by atoms with van der Waals surface area (Å²) in [6.07, 6.45) is 0.921. The van der Waals surface area contributed by atoms with Gasteiger partial charge in [0.25, 0.3) is 0 Å². The Balaban J connectivity index is 2.34. The van der Waals surface area contributed by atoms with E-state index in [1.54, 1.807) is 43.5 Å². The average molecular weight is 284 g/mol. The molecule has 0 bridgehead atoms. The molecule has 0 fully saturated rings. The zero-order valence-electron chi connectivity index (χ0n) is 9.60. The van der Waals surface area contributed by atoms with Gasteiger partial charge in [-0.25, -0.2) is 4.98 Å². The lowest BCUT2D eigenvalue weighted by atomic mass is 10.2. The van der Waals surface area contributed by atoms with Crippen molar-refractivity contribution in [2.24, 2.45) is 0 Å². The van der Waals surface area contributed by atoms with Crippen LogP contribution >= 0.6 is 23.2 Å². The second-order valence-corrected chi connectivity index (χ2v) is 4.59. The maximum atomic E-state index is 9.62. The van der Waals surface area contributed by atoms with Gasteiger partial charge in [0, 0.05) is 16.8 Å². The number of pyridine rings is 1. The smallest absolute Gasteiger partial charge is 0.225 e. The van der Waals surface area contributed by atoms with Crippen molar-refractivity contribution in [2.75, 3.05) is 0 Å². The van der Waals surface area contributed by atoms with E-state index in [2.05, 4.69) is 4.98 Å². The van der Waals surface area contributed by atoms with Crippen LogP contribution in [0.3, 0.4) is 0 Å². The average Bonchev–Trinajstić information content (AvgIpc) is 2.33. The molecule has 2 aromatic rings. The predicted molar refractivity (Wildman–Crippen MR) is 71.4 cm³/mol. The molecule has 1 heterocycles. The van der Waals surface area contributed by atoms with E-state index in [0.717, 1.165) is 0 Å². The lowest BCUT2D eigenvalue weighted by molar-refractivity contribution is 0.194. The van der Waals surface area contributed by atoms with Gasteiger partial charge in [0.1, 0.15) is 5.75 Å². The number of halogens is 2. The minimum atomic E-state index is -0.667. The molecule has 0 aliphatic carbocycles. The van der Waals surface area contributed by atoms with Crippen LogP contribution in [0.25, 0.3) is 0 Å². The third kappa shape index (κ3) is 2.93. The Labute approximate surface area is 115 Å². The van der Waals surface area contributed by atoms with Crippen LogP contribution in [-0.4, -0.2) is 10.1 Å². The number of aliphatic hydroxyl groups is 1. The van der Waals surface area contributed by atoms with Gasteiger partial charge in [0.15, 0.2) is 0 Å². The fraction of sp³-hybridized carbons (Fsp3) is 0.154. The lowest BCUT2D eigenvalue weighted by Gasteiger charge is -2.12. The van der Waals surface area contributed by atoms with Gasteiger partial charge in [-0.1, -0.05) is 23.2 Å². The molecule has 0 amide bonds. The summed E-state index contributed by atoms with van der Waals surface area (Å²) in [5, 5.41) is 10.5. The summed E-state index contributed by atoms with van der Waals surface area (Å²) < 4.78 is 5.59. The number of benzene rings is 1. The first-order valence-corrected chi connectivity index (χ1v) is 6.09. The highest BCUT2D eigenvalue weighted by atomic mass is 35.5. The SMILES string of the molecule is C[C@@H](O)c1cccnc1Oc1ccc(Cl)cc1Cl. The summed E-state index contributed by atoms with van der Waals surface area (Å²) in [4.78, 5) is 4.08. The summed E-state index contributed by atoms with van der Waals surface area (Å²) >= 11 is 11.8. The number of nitrogens with zero attached hydrogens (tertiary/aromatic N) is 1. The number of hydrogen-bond donors (Lipinski definition) is 1. The highest BCUT2D eigenvalue weighted by Crippen LogP contribution is 2.33. The van der Waals surface area contributed by atoms with E-state index in [1.165, 1.54) is 0 Å². The van der Waals surface area contributed by atoms with E-state index in [-0.39, 0.29) is 0 Å². The number of hydrogen-bond acceptors (Lipinski definition) is 3. The monoisotopic (exact) mass is 283 g/mol. The van der Waals surface area contributed by atoms with Crippen molar-refractivity contribution < 1.29 is 9.84 Å².